The molecule has 1 amide bonds. The van der Waals surface area contributed by atoms with Crippen LogP contribution >= 0.6 is 11.6 Å². The van der Waals surface area contributed by atoms with Crippen molar-refractivity contribution in [2.75, 3.05) is 11.8 Å². The Morgan fingerprint density at radius 1 is 1.54 bits per heavy atom. The molecule has 0 bridgehead atoms. The summed E-state index contributed by atoms with van der Waals surface area (Å²) < 4.78 is 23.9. The quantitative estimate of drug-likeness (QED) is 0.631. The zero-order chi connectivity index (χ0) is 10.5. The van der Waals surface area contributed by atoms with Crippen molar-refractivity contribution in [2.45, 2.75) is 19.9 Å². The van der Waals surface area contributed by atoms with Crippen LogP contribution in [0.4, 0.5) is 0 Å². The largest absolute Gasteiger partial charge is 0.355 e. The monoisotopic (exact) mass is 228 g/mol. The van der Waals surface area contributed by atoms with Crippen molar-refractivity contribution in [3.63, 3.8) is 0 Å². The summed E-state index contributed by atoms with van der Waals surface area (Å²) in [6.45, 7) is 3.67. The smallest absolute Gasteiger partial charge is 0.237 e. The molecule has 0 fully saturated rings. The van der Waals surface area contributed by atoms with Crippen molar-refractivity contribution >= 4 is 27.5 Å². The van der Waals surface area contributed by atoms with E-state index in [0.29, 0.717) is 6.54 Å². The van der Waals surface area contributed by atoms with Crippen LogP contribution in [0.2, 0.25) is 0 Å². The fraction of sp³-hybridized carbons (Fsp3) is 0.833. The number of hydrogen-bond acceptors (Lipinski definition) is 3. The topological polar surface area (TPSA) is 75.3 Å². The van der Waals surface area contributed by atoms with Gasteiger partial charge in [0.15, 0.2) is 0 Å². The molecule has 0 rings (SSSR count). The molecule has 1 unspecified atom stereocenters. The number of nitrogens with one attached hydrogen (secondary N) is 2. The highest BCUT2D eigenvalue weighted by atomic mass is 35.5. The maximum Gasteiger partial charge on any atom is 0.237 e. The minimum Gasteiger partial charge on any atom is -0.355 e. The Bertz CT molecular complexity index is 265. The molecular weight excluding hydrogens is 216 g/mol. The van der Waals surface area contributed by atoms with Crippen molar-refractivity contribution in [3.8, 4) is 0 Å². The lowest BCUT2D eigenvalue weighted by Gasteiger charge is -2.11. The first-order chi connectivity index (χ1) is 5.93. The average molecular weight is 229 g/mol. The lowest BCUT2D eigenvalue weighted by Crippen LogP contribution is -2.44. The van der Waals surface area contributed by atoms with E-state index in [1.165, 1.54) is 6.92 Å². The van der Waals surface area contributed by atoms with Crippen LogP contribution in [0.5, 0.6) is 0 Å². The number of carbonyl (C=O) groups is 1. The molecule has 0 saturated heterocycles. The van der Waals surface area contributed by atoms with Crippen LogP contribution in [0.3, 0.4) is 0 Å². The number of sulfonamides is 1. The summed E-state index contributed by atoms with van der Waals surface area (Å²) in [6.07, 6.45) is 0. The zero-order valence-electron chi connectivity index (χ0n) is 7.50. The van der Waals surface area contributed by atoms with Gasteiger partial charge in [-0.2, -0.15) is 0 Å². The Labute approximate surface area is 82.9 Å². The molecule has 2 N–H and O–H groups in total. The summed E-state index contributed by atoms with van der Waals surface area (Å²) in [5.41, 5.74) is 0. The van der Waals surface area contributed by atoms with Crippen molar-refractivity contribution < 1.29 is 13.2 Å². The van der Waals surface area contributed by atoms with Gasteiger partial charge >= 0.3 is 0 Å². The van der Waals surface area contributed by atoms with Crippen molar-refractivity contribution in [1.82, 2.24) is 10.0 Å². The summed E-state index contributed by atoms with van der Waals surface area (Å²) in [4.78, 5) is 11.1. The number of alkyl halides is 1. The van der Waals surface area contributed by atoms with Gasteiger partial charge in [-0.3, -0.25) is 4.79 Å². The van der Waals surface area contributed by atoms with Gasteiger partial charge in [-0.15, -0.1) is 11.6 Å². The summed E-state index contributed by atoms with van der Waals surface area (Å²) in [6, 6.07) is -0.788. The maximum absolute atomic E-state index is 11.1. The van der Waals surface area contributed by atoms with Crippen LogP contribution < -0.4 is 10.0 Å². The zero-order valence-corrected chi connectivity index (χ0v) is 9.07. The van der Waals surface area contributed by atoms with E-state index in [9.17, 15) is 13.2 Å². The summed E-state index contributed by atoms with van der Waals surface area (Å²) >= 11 is 5.14. The second kappa shape index (κ2) is 5.41. The van der Waals surface area contributed by atoms with E-state index in [1.807, 2.05) is 0 Å². The summed E-state index contributed by atoms with van der Waals surface area (Å²) in [5, 5.41) is 1.94. The Hall–Kier alpha value is -0.330. The molecule has 78 valence electrons. The second-order valence-corrected chi connectivity index (χ2v) is 4.80. The molecule has 0 radical (unpaired) electrons. The lowest BCUT2D eigenvalue weighted by atomic mass is 10.3. The molecule has 0 saturated carbocycles. The first-order valence-electron chi connectivity index (χ1n) is 3.76. The molecule has 0 aromatic heterocycles. The third kappa shape index (κ3) is 5.07. The minimum absolute atomic E-state index is 0.365. The van der Waals surface area contributed by atoms with Crippen LogP contribution in [-0.4, -0.2) is 32.1 Å². The molecule has 7 heteroatoms. The number of halogens is 1. The maximum atomic E-state index is 11.1. The van der Waals surface area contributed by atoms with E-state index in [0.717, 1.165) is 0 Å². The van der Waals surface area contributed by atoms with Gasteiger partial charge < -0.3 is 5.32 Å². The second-order valence-electron chi connectivity index (χ2n) is 2.46. The van der Waals surface area contributed by atoms with E-state index in [-0.39, 0.29) is 5.91 Å². The lowest BCUT2D eigenvalue weighted by molar-refractivity contribution is -0.122. The fourth-order valence-electron chi connectivity index (χ4n) is 0.682. The molecule has 5 nitrogen and oxygen atoms in total. The SMILES string of the molecule is CCNC(=O)C(C)NS(=O)(=O)CCl. The van der Waals surface area contributed by atoms with E-state index in [2.05, 4.69) is 10.0 Å². The van der Waals surface area contributed by atoms with Gasteiger partial charge in [0.05, 0.1) is 6.04 Å². The van der Waals surface area contributed by atoms with Gasteiger partial charge in [0, 0.05) is 6.54 Å². The van der Waals surface area contributed by atoms with E-state index in [1.54, 1.807) is 6.92 Å². The van der Waals surface area contributed by atoms with Gasteiger partial charge in [0.2, 0.25) is 15.9 Å². The predicted molar refractivity (Wildman–Crippen MR) is 50.9 cm³/mol. The van der Waals surface area contributed by atoms with Gasteiger partial charge in [0.1, 0.15) is 5.21 Å². The molecular formula is C6H13ClN2O3S. The van der Waals surface area contributed by atoms with Crippen molar-refractivity contribution in [3.05, 3.63) is 0 Å². The van der Waals surface area contributed by atoms with Crippen LogP contribution in [0, 0.1) is 0 Å². The number of likely N-dealkylation sites (N-methyl/N-ethyl adjacent to an activating group) is 1. The van der Waals surface area contributed by atoms with E-state index in [4.69, 9.17) is 11.6 Å². The highest BCUT2D eigenvalue weighted by molar-refractivity contribution is 7.90. The van der Waals surface area contributed by atoms with Crippen LogP contribution in [-0.2, 0) is 14.8 Å². The third-order valence-corrected chi connectivity index (χ3v) is 3.11. The molecule has 0 aromatic carbocycles. The number of hydrogen-bond donors (Lipinski definition) is 2. The average Bonchev–Trinajstić information content (AvgIpc) is 2.04. The van der Waals surface area contributed by atoms with Gasteiger partial charge in [0.25, 0.3) is 0 Å². The van der Waals surface area contributed by atoms with Crippen LogP contribution in [0.1, 0.15) is 13.8 Å². The molecule has 0 aliphatic carbocycles. The van der Waals surface area contributed by atoms with Gasteiger partial charge in [-0.25, -0.2) is 13.1 Å². The molecule has 0 aliphatic heterocycles. The van der Waals surface area contributed by atoms with Crippen LogP contribution in [0.15, 0.2) is 0 Å². The molecule has 13 heavy (non-hydrogen) atoms. The molecule has 0 spiro atoms. The number of amides is 1. The normalized spacial score (nSPS) is 13.8. The standard InChI is InChI=1S/C6H13ClN2O3S/c1-3-8-6(10)5(2)9-13(11,12)4-7/h5,9H,3-4H2,1-2H3,(H,8,10). The first-order valence-corrected chi connectivity index (χ1v) is 5.95. The molecule has 0 aliphatic rings. The Balaban J connectivity index is 4.15. The highest BCUT2D eigenvalue weighted by Crippen LogP contribution is 1.92. The number of rotatable bonds is 5. The highest BCUT2D eigenvalue weighted by Gasteiger charge is 2.18. The predicted octanol–water partition coefficient (Wildman–Crippen LogP) is -0.373. The third-order valence-electron chi connectivity index (χ3n) is 1.24. The van der Waals surface area contributed by atoms with Gasteiger partial charge in [-0.05, 0) is 13.8 Å². The fourth-order valence-corrected chi connectivity index (χ4v) is 1.58. The van der Waals surface area contributed by atoms with Gasteiger partial charge in [-0.1, -0.05) is 0 Å². The summed E-state index contributed by atoms with van der Waals surface area (Å²) in [7, 11) is -3.53. The summed E-state index contributed by atoms with van der Waals surface area (Å²) in [5.74, 6) is -0.365. The molecule has 0 heterocycles. The Morgan fingerprint density at radius 2 is 2.08 bits per heavy atom. The number of carbonyl (C=O) groups excluding carboxylic acids is 1. The molecule has 0 aromatic rings. The van der Waals surface area contributed by atoms with E-state index < -0.39 is 21.3 Å². The Kier molecular flexibility index (Phi) is 5.27. The van der Waals surface area contributed by atoms with Crippen molar-refractivity contribution in [2.24, 2.45) is 0 Å². The Morgan fingerprint density at radius 3 is 2.46 bits per heavy atom. The minimum atomic E-state index is -3.53. The first kappa shape index (κ1) is 12.7. The molecule has 1 atom stereocenters. The van der Waals surface area contributed by atoms with Crippen molar-refractivity contribution in [1.29, 1.82) is 0 Å². The van der Waals surface area contributed by atoms with E-state index >= 15 is 0 Å². The van der Waals surface area contributed by atoms with Crippen LogP contribution in [0.25, 0.3) is 0 Å².